The number of hydrogen-bond acceptors (Lipinski definition) is 1. The summed E-state index contributed by atoms with van der Waals surface area (Å²) in [6.07, 6.45) is 2.14. The number of rotatable bonds is 1. The molecule has 0 amide bonds. The highest BCUT2D eigenvalue weighted by Crippen LogP contribution is 1.98. The molecule has 2 aromatic carbocycles. The van der Waals surface area contributed by atoms with Crippen LogP contribution in [0.2, 0.25) is 0 Å². The van der Waals surface area contributed by atoms with Gasteiger partial charge in [-0.25, -0.2) is 0 Å². The van der Waals surface area contributed by atoms with Crippen molar-refractivity contribution in [2.75, 3.05) is 6.61 Å². The van der Waals surface area contributed by atoms with Gasteiger partial charge in [0.2, 0.25) is 0 Å². The fraction of sp³-hybridized carbons (Fsp3) is 0.0909. The van der Waals surface area contributed by atoms with Crippen LogP contribution in [0.4, 0.5) is 0 Å². The molecule has 1 heteroatoms. The first-order chi connectivity index (χ1) is 11.4. The standard InChI is InChI=1S/C22H16O/c23-19-8-7-14-22(18-17-21-12-5-2-6-13-21)16-9-15-20-10-3-1-4-11-20/h1-6,10-13,16,23H,8,19H2/b22-16+. The zero-order valence-electron chi connectivity index (χ0n) is 12.7. The lowest BCUT2D eigenvalue weighted by Gasteiger charge is -1.88. The van der Waals surface area contributed by atoms with Crippen molar-refractivity contribution < 1.29 is 5.11 Å². The van der Waals surface area contributed by atoms with Crippen molar-refractivity contribution in [1.29, 1.82) is 0 Å². The first-order valence-electron chi connectivity index (χ1n) is 7.32. The van der Waals surface area contributed by atoms with Crippen molar-refractivity contribution in [3.05, 3.63) is 83.4 Å². The molecule has 0 bridgehead atoms. The molecule has 110 valence electrons. The van der Waals surface area contributed by atoms with Gasteiger partial charge in [-0.1, -0.05) is 71.9 Å². The molecule has 0 aliphatic carbocycles. The van der Waals surface area contributed by atoms with Gasteiger partial charge >= 0.3 is 0 Å². The van der Waals surface area contributed by atoms with Crippen LogP contribution >= 0.6 is 0 Å². The Labute approximate surface area is 137 Å². The molecule has 0 atom stereocenters. The van der Waals surface area contributed by atoms with Crippen molar-refractivity contribution in [1.82, 2.24) is 0 Å². The van der Waals surface area contributed by atoms with Crippen LogP contribution in [0.25, 0.3) is 0 Å². The molecule has 0 aliphatic heterocycles. The van der Waals surface area contributed by atoms with Crippen LogP contribution in [0, 0.1) is 35.5 Å². The zero-order valence-corrected chi connectivity index (χ0v) is 12.7. The topological polar surface area (TPSA) is 20.2 Å². The summed E-state index contributed by atoms with van der Waals surface area (Å²) in [6.45, 7) is 0.0437. The molecule has 0 aliphatic rings. The fourth-order valence-electron chi connectivity index (χ4n) is 1.69. The van der Waals surface area contributed by atoms with Crippen molar-refractivity contribution >= 4 is 0 Å². The second kappa shape index (κ2) is 9.70. The monoisotopic (exact) mass is 296 g/mol. The van der Waals surface area contributed by atoms with Crippen molar-refractivity contribution in [2.24, 2.45) is 0 Å². The molecule has 2 aromatic rings. The summed E-state index contributed by atoms with van der Waals surface area (Å²) in [5.74, 6) is 18.0. The van der Waals surface area contributed by atoms with Crippen LogP contribution in [0.15, 0.2) is 72.3 Å². The van der Waals surface area contributed by atoms with Crippen molar-refractivity contribution in [3.63, 3.8) is 0 Å². The maximum atomic E-state index is 8.83. The Morgan fingerprint density at radius 1 is 0.826 bits per heavy atom. The molecule has 0 unspecified atom stereocenters. The van der Waals surface area contributed by atoms with E-state index in [-0.39, 0.29) is 6.61 Å². The van der Waals surface area contributed by atoms with Gasteiger partial charge in [-0.3, -0.25) is 0 Å². The fourth-order valence-corrected chi connectivity index (χ4v) is 1.69. The van der Waals surface area contributed by atoms with Crippen LogP contribution in [0.5, 0.6) is 0 Å². The summed E-state index contributed by atoms with van der Waals surface area (Å²) < 4.78 is 0. The molecule has 0 saturated heterocycles. The van der Waals surface area contributed by atoms with E-state index in [9.17, 15) is 0 Å². The molecular formula is C22H16O. The Bertz CT molecular complexity index is 827. The first kappa shape index (κ1) is 16.2. The second-order valence-corrected chi connectivity index (χ2v) is 4.58. The van der Waals surface area contributed by atoms with E-state index in [1.165, 1.54) is 0 Å². The highest BCUT2D eigenvalue weighted by Gasteiger charge is 1.86. The molecule has 0 aromatic heterocycles. The lowest BCUT2D eigenvalue weighted by Crippen LogP contribution is -1.79. The minimum atomic E-state index is 0.0437. The van der Waals surface area contributed by atoms with Gasteiger partial charge in [-0.2, -0.15) is 0 Å². The molecule has 0 fully saturated rings. The minimum Gasteiger partial charge on any atom is -0.395 e. The summed E-state index contributed by atoms with van der Waals surface area (Å²) in [4.78, 5) is 0. The van der Waals surface area contributed by atoms with Crippen molar-refractivity contribution in [2.45, 2.75) is 6.42 Å². The number of benzene rings is 2. The summed E-state index contributed by atoms with van der Waals surface area (Å²) in [5.41, 5.74) is 2.52. The normalized spacial score (nSPS) is 9.52. The van der Waals surface area contributed by atoms with Gasteiger partial charge in [0.15, 0.2) is 0 Å². The predicted octanol–water partition coefficient (Wildman–Crippen LogP) is 3.40. The van der Waals surface area contributed by atoms with Crippen LogP contribution in [0.3, 0.4) is 0 Å². The second-order valence-electron chi connectivity index (χ2n) is 4.58. The Hall–Kier alpha value is -3.18. The van der Waals surface area contributed by atoms with E-state index in [4.69, 9.17) is 5.11 Å². The van der Waals surface area contributed by atoms with Crippen LogP contribution in [0.1, 0.15) is 17.5 Å². The Morgan fingerprint density at radius 2 is 1.43 bits per heavy atom. The van der Waals surface area contributed by atoms with Crippen LogP contribution in [-0.4, -0.2) is 11.7 Å². The lowest BCUT2D eigenvalue weighted by molar-refractivity contribution is 0.305. The highest BCUT2D eigenvalue weighted by atomic mass is 16.2. The minimum absolute atomic E-state index is 0.0437. The zero-order chi connectivity index (χ0) is 16.2. The summed E-state index contributed by atoms with van der Waals surface area (Å²) >= 11 is 0. The average molecular weight is 296 g/mol. The number of aliphatic hydroxyl groups is 1. The van der Waals surface area contributed by atoms with E-state index in [1.54, 1.807) is 6.08 Å². The Kier molecular flexibility index (Phi) is 6.83. The third kappa shape index (κ3) is 6.41. The molecule has 0 radical (unpaired) electrons. The quantitative estimate of drug-likeness (QED) is 0.800. The molecule has 2 rings (SSSR count). The smallest absolute Gasteiger partial charge is 0.0831 e. The van der Waals surface area contributed by atoms with Gasteiger partial charge in [0, 0.05) is 23.6 Å². The molecule has 1 N–H and O–H groups in total. The number of aliphatic hydroxyl groups excluding tert-OH is 1. The number of hydrogen-bond donors (Lipinski definition) is 1. The van der Waals surface area contributed by atoms with Crippen molar-refractivity contribution in [3.8, 4) is 35.5 Å². The molecule has 0 heterocycles. The van der Waals surface area contributed by atoms with Gasteiger partial charge < -0.3 is 5.11 Å². The van der Waals surface area contributed by atoms with Gasteiger partial charge in [0.25, 0.3) is 0 Å². The third-order valence-electron chi connectivity index (χ3n) is 2.78. The SMILES string of the molecule is OCCC#C/C(C#Cc1ccccc1)=C\C#Cc1ccccc1. The molecule has 0 spiro atoms. The molecule has 23 heavy (non-hydrogen) atoms. The van der Waals surface area contributed by atoms with E-state index >= 15 is 0 Å². The average Bonchev–Trinajstić information content (AvgIpc) is 2.61. The Morgan fingerprint density at radius 3 is 2.04 bits per heavy atom. The van der Waals surface area contributed by atoms with Gasteiger partial charge in [-0.05, 0) is 24.3 Å². The predicted molar refractivity (Wildman–Crippen MR) is 94.2 cm³/mol. The molecular weight excluding hydrogens is 280 g/mol. The van der Waals surface area contributed by atoms with Gasteiger partial charge in [-0.15, -0.1) is 0 Å². The van der Waals surface area contributed by atoms with Crippen LogP contribution < -0.4 is 0 Å². The highest BCUT2D eigenvalue weighted by molar-refractivity contribution is 5.52. The van der Waals surface area contributed by atoms with Gasteiger partial charge in [0.1, 0.15) is 0 Å². The maximum Gasteiger partial charge on any atom is 0.0831 e. The van der Waals surface area contributed by atoms with E-state index in [0.717, 1.165) is 11.1 Å². The van der Waals surface area contributed by atoms with Gasteiger partial charge in [0.05, 0.1) is 12.2 Å². The molecule has 0 saturated carbocycles. The summed E-state index contributed by atoms with van der Waals surface area (Å²) in [5, 5.41) is 8.83. The largest absolute Gasteiger partial charge is 0.395 e. The number of allylic oxidation sites excluding steroid dienone is 2. The molecule has 1 nitrogen and oxygen atoms in total. The third-order valence-corrected chi connectivity index (χ3v) is 2.78. The summed E-state index contributed by atoms with van der Waals surface area (Å²) in [7, 11) is 0. The van der Waals surface area contributed by atoms with E-state index < -0.39 is 0 Å². The van der Waals surface area contributed by atoms with Crippen LogP contribution in [-0.2, 0) is 0 Å². The first-order valence-corrected chi connectivity index (χ1v) is 7.32. The van der Waals surface area contributed by atoms with E-state index in [0.29, 0.717) is 12.0 Å². The van der Waals surface area contributed by atoms with E-state index in [1.807, 2.05) is 60.7 Å². The van der Waals surface area contributed by atoms with E-state index in [2.05, 4.69) is 35.5 Å². The summed E-state index contributed by atoms with van der Waals surface area (Å²) in [6, 6.07) is 19.5. The maximum absolute atomic E-state index is 8.83. The Balaban J connectivity index is 2.21. The lowest BCUT2D eigenvalue weighted by atomic mass is 10.2.